The molecule has 0 aliphatic rings. The van der Waals surface area contributed by atoms with Gasteiger partial charge in [0.05, 0.1) is 0 Å². The fourth-order valence-corrected chi connectivity index (χ4v) is 5.00. The van der Waals surface area contributed by atoms with Gasteiger partial charge in [-0.1, -0.05) is 110 Å². The second kappa shape index (κ2) is 13.1. The van der Waals surface area contributed by atoms with Gasteiger partial charge >= 0.3 is 0 Å². The van der Waals surface area contributed by atoms with Gasteiger partial charge in [-0.25, -0.2) is 0 Å². The summed E-state index contributed by atoms with van der Waals surface area (Å²) in [6, 6.07) is 46.6. The molecule has 0 heterocycles. The highest BCUT2D eigenvalue weighted by molar-refractivity contribution is 5.84. The van der Waals surface area contributed by atoms with E-state index in [1.807, 2.05) is 30.4 Å². The van der Waals surface area contributed by atoms with E-state index in [-0.39, 0.29) is 0 Å². The molecule has 0 radical (unpaired) electrons. The van der Waals surface area contributed by atoms with Crippen molar-refractivity contribution in [3.63, 3.8) is 0 Å². The van der Waals surface area contributed by atoms with E-state index >= 15 is 0 Å². The van der Waals surface area contributed by atoms with Gasteiger partial charge in [0.25, 0.3) is 0 Å². The van der Waals surface area contributed by atoms with Crippen LogP contribution in [0.5, 0.6) is 0 Å². The third-order valence-corrected chi connectivity index (χ3v) is 6.95. The van der Waals surface area contributed by atoms with Crippen molar-refractivity contribution < 1.29 is 0 Å². The van der Waals surface area contributed by atoms with Crippen LogP contribution >= 0.6 is 0 Å². The van der Waals surface area contributed by atoms with Gasteiger partial charge in [-0.3, -0.25) is 0 Å². The SMILES string of the molecule is C=C/C=C\C(=C/C)N(c1ccccc1)c1ccc(-c2ccc(N(c3ccccc3)c3ccccc3)cc2C=C)cc1. The first kappa shape index (κ1) is 27.2. The number of hydrogen-bond acceptors (Lipinski definition) is 2. The zero-order valence-electron chi connectivity index (χ0n) is 23.4. The Kier molecular flexibility index (Phi) is 8.73. The van der Waals surface area contributed by atoms with Crippen molar-refractivity contribution >= 4 is 34.5 Å². The van der Waals surface area contributed by atoms with E-state index in [9.17, 15) is 0 Å². The molecule has 0 spiro atoms. The van der Waals surface area contributed by atoms with Crippen LogP contribution in [-0.2, 0) is 0 Å². The van der Waals surface area contributed by atoms with Crippen molar-refractivity contribution in [1.29, 1.82) is 0 Å². The summed E-state index contributed by atoms with van der Waals surface area (Å²) in [7, 11) is 0. The molecule has 0 atom stereocenters. The minimum atomic E-state index is 1.07. The normalized spacial score (nSPS) is 11.3. The maximum absolute atomic E-state index is 4.16. The summed E-state index contributed by atoms with van der Waals surface area (Å²) in [6.45, 7) is 10.1. The van der Waals surface area contributed by atoms with Gasteiger partial charge in [-0.2, -0.15) is 0 Å². The van der Waals surface area contributed by atoms with Crippen molar-refractivity contribution in [2.24, 2.45) is 0 Å². The summed E-state index contributed by atoms with van der Waals surface area (Å²) in [4.78, 5) is 4.52. The lowest BCUT2D eigenvalue weighted by atomic mass is 9.98. The lowest BCUT2D eigenvalue weighted by Gasteiger charge is -2.27. The Morgan fingerprint density at radius 1 is 0.585 bits per heavy atom. The second-order valence-electron chi connectivity index (χ2n) is 9.51. The first-order valence-electron chi connectivity index (χ1n) is 13.8. The maximum atomic E-state index is 4.16. The Morgan fingerprint density at radius 3 is 1.61 bits per heavy atom. The topological polar surface area (TPSA) is 6.48 Å². The van der Waals surface area contributed by atoms with Crippen LogP contribution in [0.4, 0.5) is 28.4 Å². The molecule has 0 aliphatic heterocycles. The molecule has 0 aromatic heterocycles. The Balaban J connectivity index is 1.53. The van der Waals surface area contributed by atoms with E-state index in [1.54, 1.807) is 6.08 Å². The minimum Gasteiger partial charge on any atom is -0.311 e. The summed E-state index contributed by atoms with van der Waals surface area (Å²) in [5.41, 5.74) is 9.90. The zero-order chi connectivity index (χ0) is 28.4. The van der Waals surface area contributed by atoms with E-state index in [0.717, 1.165) is 50.8 Å². The van der Waals surface area contributed by atoms with Gasteiger partial charge in [0.15, 0.2) is 0 Å². The Bertz CT molecular complexity index is 1610. The average Bonchev–Trinajstić information content (AvgIpc) is 3.05. The highest BCUT2D eigenvalue weighted by Gasteiger charge is 2.16. The third kappa shape index (κ3) is 6.13. The lowest BCUT2D eigenvalue weighted by molar-refractivity contribution is 1.20. The van der Waals surface area contributed by atoms with Crippen LogP contribution in [0.25, 0.3) is 17.2 Å². The molecule has 5 rings (SSSR count). The number of hydrogen-bond donors (Lipinski definition) is 0. The summed E-state index contributed by atoms with van der Waals surface area (Å²) in [5.74, 6) is 0. The molecular weight excluding hydrogens is 496 g/mol. The second-order valence-corrected chi connectivity index (χ2v) is 9.51. The highest BCUT2D eigenvalue weighted by atomic mass is 15.1. The number of anilines is 5. The molecule has 2 nitrogen and oxygen atoms in total. The first-order valence-corrected chi connectivity index (χ1v) is 13.8. The molecule has 0 saturated heterocycles. The molecule has 0 bridgehead atoms. The van der Waals surface area contributed by atoms with Crippen molar-refractivity contribution in [3.05, 3.63) is 182 Å². The van der Waals surface area contributed by atoms with E-state index in [0.29, 0.717) is 0 Å². The van der Waals surface area contributed by atoms with Gasteiger partial charge in [-0.15, -0.1) is 0 Å². The largest absolute Gasteiger partial charge is 0.311 e. The number of rotatable bonds is 10. The molecule has 0 N–H and O–H groups in total. The van der Waals surface area contributed by atoms with E-state index < -0.39 is 0 Å². The molecule has 200 valence electrons. The summed E-state index contributed by atoms with van der Waals surface area (Å²) in [6.07, 6.45) is 9.89. The number of para-hydroxylation sites is 3. The van der Waals surface area contributed by atoms with Crippen LogP contribution in [0.1, 0.15) is 12.5 Å². The van der Waals surface area contributed by atoms with Gasteiger partial charge in [0, 0.05) is 34.1 Å². The van der Waals surface area contributed by atoms with Crippen LogP contribution < -0.4 is 9.80 Å². The summed E-state index contributed by atoms with van der Waals surface area (Å²) >= 11 is 0. The van der Waals surface area contributed by atoms with Gasteiger partial charge in [0.2, 0.25) is 0 Å². The Morgan fingerprint density at radius 2 is 1.10 bits per heavy atom. The van der Waals surface area contributed by atoms with Crippen molar-refractivity contribution in [2.75, 3.05) is 9.80 Å². The quantitative estimate of drug-likeness (QED) is 0.166. The van der Waals surface area contributed by atoms with E-state index in [4.69, 9.17) is 0 Å². The fourth-order valence-electron chi connectivity index (χ4n) is 5.00. The number of allylic oxidation sites excluding steroid dienone is 4. The summed E-state index contributed by atoms with van der Waals surface area (Å²) in [5, 5.41) is 0. The lowest BCUT2D eigenvalue weighted by Crippen LogP contribution is -2.14. The number of nitrogens with zero attached hydrogens (tertiary/aromatic N) is 2. The smallest absolute Gasteiger partial charge is 0.0468 e. The first-order chi connectivity index (χ1) is 20.2. The van der Waals surface area contributed by atoms with Crippen molar-refractivity contribution in [3.8, 4) is 11.1 Å². The molecule has 0 fully saturated rings. The maximum Gasteiger partial charge on any atom is 0.0468 e. The molecule has 0 amide bonds. The van der Waals surface area contributed by atoms with Crippen LogP contribution in [-0.4, -0.2) is 0 Å². The Hall–Kier alpha value is -5.34. The molecule has 2 heteroatoms. The zero-order valence-corrected chi connectivity index (χ0v) is 23.4. The standard InChI is InChI=1S/C39H34N2/c1-4-7-17-33(6-3)40(34-18-11-8-12-19-34)37-26-24-32(25-27-37)39-29-28-38(30-31(39)5-2)41(35-20-13-9-14-21-35)36-22-15-10-16-23-36/h4-30H,1-2H2,3H3/b17-7-,33-6+. The average molecular weight is 531 g/mol. The molecule has 5 aromatic rings. The fraction of sp³-hybridized carbons (Fsp3) is 0.0256. The van der Waals surface area contributed by atoms with E-state index in [1.165, 1.54) is 0 Å². The van der Waals surface area contributed by atoms with Crippen molar-refractivity contribution in [2.45, 2.75) is 6.92 Å². The minimum absolute atomic E-state index is 1.07. The van der Waals surface area contributed by atoms with Gasteiger partial charge in [-0.05, 0) is 90.4 Å². The predicted molar refractivity (Wildman–Crippen MR) is 178 cm³/mol. The number of benzene rings is 5. The molecule has 0 aliphatic carbocycles. The molecular formula is C39H34N2. The summed E-state index contributed by atoms with van der Waals surface area (Å²) < 4.78 is 0. The van der Waals surface area contributed by atoms with Crippen LogP contribution in [0.15, 0.2) is 177 Å². The van der Waals surface area contributed by atoms with Gasteiger partial charge < -0.3 is 9.80 Å². The molecule has 5 aromatic carbocycles. The molecule has 0 unspecified atom stereocenters. The monoisotopic (exact) mass is 530 g/mol. The Labute approximate surface area is 244 Å². The van der Waals surface area contributed by atoms with E-state index in [2.05, 4.69) is 157 Å². The van der Waals surface area contributed by atoms with Crippen molar-refractivity contribution in [1.82, 2.24) is 0 Å². The molecule has 0 saturated carbocycles. The van der Waals surface area contributed by atoms with Gasteiger partial charge in [0.1, 0.15) is 0 Å². The van der Waals surface area contributed by atoms with Crippen LogP contribution in [0.3, 0.4) is 0 Å². The third-order valence-electron chi connectivity index (χ3n) is 6.95. The van der Waals surface area contributed by atoms with Crippen LogP contribution in [0, 0.1) is 0 Å². The van der Waals surface area contributed by atoms with Crippen LogP contribution in [0.2, 0.25) is 0 Å². The molecule has 41 heavy (non-hydrogen) atoms. The highest BCUT2D eigenvalue weighted by Crippen LogP contribution is 2.38. The predicted octanol–water partition coefficient (Wildman–Crippen LogP) is 11.3.